The second kappa shape index (κ2) is 4.84. The van der Waals surface area contributed by atoms with Gasteiger partial charge in [-0.05, 0) is 12.1 Å². The van der Waals surface area contributed by atoms with E-state index in [0.29, 0.717) is 11.8 Å². The van der Waals surface area contributed by atoms with E-state index in [-0.39, 0.29) is 23.1 Å². The third-order valence-electron chi connectivity index (χ3n) is 2.61. The molecule has 7 nitrogen and oxygen atoms in total. The van der Waals surface area contributed by atoms with E-state index >= 15 is 0 Å². The molecule has 0 atom stereocenters. The zero-order valence-corrected chi connectivity index (χ0v) is 11.4. The molecular formula is C13H14N4O3. The fraction of sp³-hybridized carbons (Fsp3) is 0.308. The first-order valence-electron chi connectivity index (χ1n) is 5.99. The van der Waals surface area contributed by atoms with Crippen molar-refractivity contribution in [1.29, 1.82) is 0 Å². The average molecular weight is 274 g/mol. The lowest BCUT2D eigenvalue weighted by atomic mass is 9.96. The average Bonchev–Trinajstić information content (AvgIpc) is 2.37. The fourth-order valence-electron chi connectivity index (χ4n) is 1.46. The van der Waals surface area contributed by atoms with Crippen LogP contribution in [0.5, 0.6) is 0 Å². The van der Waals surface area contributed by atoms with E-state index in [2.05, 4.69) is 20.3 Å². The number of pyridine rings is 1. The van der Waals surface area contributed by atoms with Gasteiger partial charge >= 0.3 is 0 Å². The molecule has 2 aromatic rings. The number of hydrogen-bond donors (Lipinski definition) is 2. The highest BCUT2D eigenvalue weighted by Gasteiger charge is 2.22. The molecule has 7 heteroatoms. The molecule has 0 saturated carbocycles. The predicted octanol–water partition coefficient (Wildman–Crippen LogP) is 1.12. The van der Waals surface area contributed by atoms with Crippen molar-refractivity contribution in [3.05, 3.63) is 28.2 Å². The SMILES string of the molecule is CC(C)(C)C(=O)Nc1nc2ccc(C=O)nc2c(=O)[nH]1. The molecule has 0 aliphatic carbocycles. The van der Waals surface area contributed by atoms with Crippen molar-refractivity contribution in [3.8, 4) is 0 Å². The molecule has 0 fully saturated rings. The summed E-state index contributed by atoms with van der Waals surface area (Å²) >= 11 is 0. The standard InChI is InChI=1S/C13H14N4O3/c1-13(2,3)11(20)17-12-15-8-5-4-7(6-18)14-9(8)10(19)16-12/h4-6H,1-3H3,(H2,15,16,17,19,20). The van der Waals surface area contributed by atoms with Crippen LogP contribution in [0, 0.1) is 5.41 Å². The molecular weight excluding hydrogens is 260 g/mol. The number of carbonyl (C=O) groups is 2. The van der Waals surface area contributed by atoms with Crippen molar-refractivity contribution in [2.75, 3.05) is 5.32 Å². The number of rotatable bonds is 2. The van der Waals surface area contributed by atoms with Crippen LogP contribution in [0.4, 0.5) is 5.95 Å². The third kappa shape index (κ3) is 2.71. The van der Waals surface area contributed by atoms with Crippen molar-refractivity contribution < 1.29 is 9.59 Å². The number of nitrogens with one attached hydrogen (secondary N) is 2. The number of amides is 1. The summed E-state index contributed by atoms with van der Waals surface area (Å²) < 4.78 is 0. The van der Waals surface area contributed by atoms with Crippen molar-refractivity contribution in [1.82, 2.24) is 15.0 Å². The van der Waals surface area contributed by atoms with Crippen LogP contribution in [0.2, 0.25) is 0 Å². The van der Waals surface area contributed by atoms with Crippen molar-refractivity contribution >= 4 is 29.2 Å². The highest BCUT2D eigenvalue weighted by atomic mass is 16.2. The second-order valence-corrected chi connectivity index (χ2v) is 5.34. The first kappa shape index (κ1) is 13.9. The number of aldehydes is 1. The second-order valence-electron chi connectivity index (χ2n) is 5.34. The van der Waals surface area contributed by atoms with E-state index in [0.717, 1.165) is 0 Å². The lowest BCUT2D eigenvalue weighted by Gasteiger charge is -2.16. The van der Waals surface area contributed by atoms with Crippen LogP contribution in [-0.2, 0) is 4.79 Å². The Balaban J connectivity index is 2.46. The first-order valence-corrected chi connectivity index (χ1v) is 5.99. The first-order chi connectivity index (χ1) is 9.31. The van der Waals surface area contributed by atoms with Crippen LogP contribution in [0.15, 0.2) is 16.9 Å². The Hall–Kier alpha value is -2.57. The molecule has 104 valence electrons. The maximum Gasteiger partial charge on any atom is 0.278 e. The monoisotopic (exact) mass is 274 g/mol. The Labute approximate surface area is 114 Å². The minimum Gasteiger partial charge on any atom is -0.296 e. The third-order valence-corrected chi connectivity index (χ3v) is 2.61. The molecule has 20 heavy (non-hydrogen) atoms. The lowest BCUT2D eigenvalue weighted by Crippen LogP contribution is -2.29. The maximum atomic E-state index is 11.9. The van der Waals surface area contributed by atoms with Gasteiger partial charge in [0, 0.05) is 5.41 Å². The molecule has 0 aromatic carbocycles. The summed E-state index contributed by atoms with van der Waals surface area (Å²) in [4.78, 5) is 44.8. The van der Waals surface area contributed by atoms with Gasteiger partial charge in [-0.15, -0.1) is 0 Å². The van der Waals surface area contributed by atoms with Crippen LogP contribution in [0.3, 0.4) is 0 Å². The smallest absolute Gasteiger partial charge is 0.278 e. The molecule has 0 spiro atoms. The summed E-state index contributed by atoms with van der Waals surface area (Å²) in [6.07, 6.45) is 0.550. The van der Waals surface area contributed by atoms with Crippen LogP contribution < -0.4 is 10.9 Å². The number of nitrogens with zero attached hydrogens (tertiary/aromatic N) is 2. The predicted molar refractivity (Wildman–Crippen MR) is 73.6 cm³/mol. The maximum absolute atomic E-state index is 11.9. The topological polar surface area (TPSA) is 105 Å². The number of fused-ring (bicyclic) bond motifs is 1. The number of hydrogen-bond acceptors (Lipinski definition) is 5. The minimum absolute atomic E-state index is 0.0584. The quantitative estimate of drug-likeness (QED) is 0.798. The van der Waals surface area contributed by atoms with E-state index < -0.39 is 11.0 Å². The Morgan fingerprint density at radius 1 is 1.30 bits per heavy atom. The van der Waals surface area contributed by atoms with E-state index in [1.54, 1.807) is 20.8 Å². The van der Waals surface area contributed by atoms with Gasteiger partial charge in [-0.2, -0.15) is 0 Å². The highest BCUT2D eigenvalue weighted by Crippen LogP contribution is 2.15. The summed E-state index contributed by atoms with van der Waals surface area (Å²) in [5, 5.41) is 2.54. The van der Waals surface area contributed by atoms with Gasteiger partial charge in [0.25, 0.3) is 5.56 Å². The zero-order valence-electron chi connectivity index (χ0n) is 11.4. The summed E-state index contributed by atoms with van der Waals surface area (Å²) in [5.74, 6) is -0.208. The van der Waals surface area contributed by atoms with Gasteiger partial charge in [0.2, 0.25) is 11.9 Å². The Bertz CT molecular complexity index is 743. The van der Waals surface area contributed by atoms with Gasteiger partial charge in [0.15, 0.2) is 11.8 Å². The molecule has 0 aliphatic rings. The number of H-pyrrole nitrogens is 1. The normalized spacial score (nSPS) is 11.3. The van der Waals surface area contributed by atoms with Gasteiger partial charge in [-0.25, -0.2) is 9.97 Å². The van der Waals surface area contributed by atoms with Crippen LogP contribution in [-0.4, -0.2) is 27.1 Å². The van der Waals surface area contributed by atoms with Crippen LogP contribution in [0.25, 0.3) is 11.0 Å². The van der Waals surface area contributed by atoms with Crippen molar-refractivity contribution in [3.63, 3.8) is 0 Å². The highest BCUT2D eigenvalue weighted by molar-refractivity contribution is 5.93. The number of anilines is 1. The largest absolute Gasteiger partial charge is 0.296 e. The molecule has 0 aliphatic heterocycles. The van der Waals surface area contributed by atoms with Gasteiger partial charge in [-0.1, -0.05) is 20.8 Å². The van der Waals surface area contributed by atoms with Gasteiger partial charge in [-0.3, -0.25) is 24.7 Å². The zero-order chi connectivity index (χ0) is 14.9. The van der Waals surface area contributed by atoms with Gasteiger partial charge < -0.3 is 0 Å². The van der Waals surface area contributed by atoms with Crippen LogP contribution >= 0.6 is 0 Å². The van der Waals surface area contributed by atoms with E-state index in [1.165, 1.54) is 12.1 Å². The summed E-state index contributed by atoms with van der Waals surface area (Å²) in [5.41, 5.74) is -0.598. The molecule has 2 aromatic heterocycles. The molecule has 1 amide bonds. The van der Waals surface area contributed by atoms with Gasteiger partial charge in [0.1, 0.15) is 5.69 Å². The molecule has 0 radical (unpaired) electrons. The molecule has 2 rings (SSSR count). The van der Waals surface area contributed by atoms with Crippen LogP contribution in [0.1, 0.15) is 31.3 Å². The van der Waals surface area contributed by atoms with Crippen molar-refractivity contribution in [2.24, 2.45) is 5.41 Å². The molecule has 0 bridgehead atoms. The Kier molecular flexibility index (Phi) is 3.35. The number of carbonyl (C=O) groups excluding carboxylic acids is 2. The summed E-state index contributed by atoms with van der Waals surface area (Å²) in [7, 11) is 0. The Morgan fingerprint density at radius 3 is 2.60 bits per heavy atom. The fourth-order valence-corrected chi connectivity index (χ4v) is 1.46. The molecule has 2 heterocycles. The van der Waals surface area contributed by atoms with E-state index in [9.17, 15) is 14.4 Å². The molecule has 2 N–H and O–H groups in total. The van der Waals surface area contributed by atoms with Crippen molar-refractivity contribution in [2.45, 2.75) is 20.8 Å². The summed E-state index contributed by atoms with van der Waals surface area (Å²) in [6, 6.07) is 2.96. The number of aromatic amines is 1. The number of aromatic nitrogens is 3. The van der Waals surface area contributed by atoms with E-state index in [1.807, 2.05) is 0 Å². The molecule has 0 saturated heterocycles. The summed E-state index contributed by atoms with van der Waals surface area (Å²) in [6.45, 7) is 5.25. The van der Waals surface area contributed by atoms with Gasteiger partial charge in [0.05, 0.1) is 5.52 Å². The lowest BCUT2D eigenvalue weighted by molar-refractivity contribution is -0.123. The van der Waals surface area contributed by atoms with E-state index in [4.69, 9.17) is 0 Å². The Morgan fingerprint density at radius 2 is 2.00 bits per heavy atom. The molecule has 0 unspecified atom stereocenters. The minimum atomic E-state index is -0.604.